The summed E-state index contributed by atoms with van der Waals surface area (Å²) in [5.74, 6) is 1.64. The molecule has 2 N–H and O–H groups in total. The van der Waals surface area contributed by atoms with Crippen LogP contribution >= 0.6 is 11.6 Å². The van der Waals surface area contributed by atoms with Gasteiger partial charge in [0.05, 0.1) is 0 Å². The summed E-state index contributed by atoms with van der Waals surface area (Å²) in [5, 5.41) is 7.37. The van der Waals surface area contributed by atoms with Crippen LogP contribution in [0.1, 0.15) is 11.1 Å². The molecule has 0 amide bonds. The van der Waals surface area contributed by atoms with E-state index in [1.807, 2.05) is 56.6 Å². The van der Waals surface area contributed by atoms with Gasteiger partial charge in [0, 0.05) is 37.3 Å². The molecule has 26 heavy (non-hydrogen) atoms. The first kappa shape index (κ1) is 20.1. The first-order valence-corrected chi connectivity index (χ1v) is 9.00. The van der Waals surface area contributed by atoms with Crippen molar-refractivity contribution < 1.29 is 4.74 Å². The Morgan fingerprint density at radius 3 is 2.42 bits per heavy atom. The molecule has 6 heteroatoms. The maximum absolute atomic E-state index is 5.92. The van der Waals surface area contributed by atoms with E-state index in [0.717, 1.165) is 34.4 Å². The van der Waals surface area contributed by atoms with E-state index in [0.29, 0.717) is 19.7 Å². The van der Waals surface area contributed by atoms with Crippen LogP contribution in [-0.2, 0) is 13.1 Å². The van der Waals surface area contributed by atoms with Gasteiger partial charge in [0.25, 0.3) is 0 Å². The molecule has 0 aliphatic carbocycles. The van der Waals surface area contributed by atoms with Crippen LogP contribution < -0.4 is 15.4 Å². The summed E-state index contributed by atoms with van der Waals surface area (Å²) in [6.07, 6.45) is 0. The molecule has 0 aliphatic rings. The quantitative estimate of drug-likeness (QED) is 0.550. The molecule has 5 nitrogen and oxygen atoms in total. The van der Waals surface area contributed by atoms with Crippen LogP contribution in [0.5, 0.6) is 5.75 Å². The van der Waals surface area contributed by atoms with Crippen LogP contribution in [0.4, 0.5) is 0 Å². The van der Waals surface area contributed by atoms with E-state index in [4.69, 9.17) is 16.3 Å². The number of rotatable bonds is 8. The van der Waals surface area contributed by atoms with Gasteiger partial charge < -0.3 is 20.3 Å². The molecule has 0 spiro atoms. The predicted molar refractivity (Wildman–Crippen MR) is 109 cm³/mol. The van der Waals surface area contributed by atoms with E-state index >= 15 is 0 Å². The molecule has 0 heterocycles. The molecule has 2 rings (SSSR count). The van der Waals surface area contributed by atoms with Crippen molar-refractivity contribution in [1.29, 1.82) is 0 Å². The number of nitrogens with one attached hydrogen (secondary N) is 2. The fraction of sp³-hybridized carbons (Fsp3) is 0.350. The number of nitrogens with zero attached hydrogens (tertiary/aromatic N) is 2. The number of halogens is 1. The second-order valence-electron chi connectivity index (χ2n) is 6.17. The van der Waals surface area contributed by atoms with E-state index in [1.165, 1.54) is 0 Å². The van der Waals surface area contributed by atoms with E-state index in [2.05, 4.69) is 26.6 Å². The smallest absolute Gasteiger partial charge is 0.191 e. The Labute approximate surface area is 161 Å². The first-order chi connectivity index (χ1) is 12.6. The van der Waals surface area contributed by atoms with Crippen LogP contribution in [0.3, 0.4) is 0 Å². The van der Waals surface area contributed by atoms with Crippen molar-refractivity contribution in [3.05, 3.63) is 64.7 Å². The standard InChI is InChI=1S/C20H27ClN4O/c1-22-20(23-14-16-8-10-18(21)11-9-16)24-15-17-6-4-5-7-19(17)26-13-12-25(2)3/h4-11H,12-15H2,1-3H3,(H2,22,23,24). The number of hydrogen-bond acceptors (Lipinski definition) is 3. The number of aliphatic imine (C=N–C) groups is 1. The third-order valence-corrected chi connectivity index (χ3v) is 4.06. The molecule has 0 radical (unpaired) electrons. The zero-order valence-corrected chi connectivity index (χ0v) is 16.4. The van der Waals surface area contributed by atoms with Crippen LogP contribution in [-0.4, -0.2) is 45.2 Å². The predicted octanol–water partition coefficient (Wildman–Crippen LogP) is 3.15. The second-order valence-corrected chi connectivity index (χ2v) is 6.60. The van der Waals surface area contributed by atoms with Gasteiger partial charge >= 0.3 is 0 Å². The van der Waals surface area contributed by atoms with Crippen molar-refractivity contribution in [1.82, 2.24) is 15.5 Å². The topological polar surface area (TPSA) is 48.9 Å². The summed E-state index contributed by atoms with van der Waals surface area (Å²) >= 11 is 5.92. The zero-order valence-electron chi connectivity index (χ0n) is 15.6. The molecular formula is C20H27ClN4O. The van der Waals surface area contributed by atoms with Gasteiger partial charge in [-0.3, -0.25) is 4.99 Å². The van der Waals surface area contributed by atoms with Crippen molar-refractivity contribution in [2.75, 3.05) is 34.3 Å². The van der Waals surface area contributed by atoms with Crippen molar-refractivity contribution in [3.8, 4) is 5.75 Å². The zero-order chi connectivity index (χ0) is 18.8. The lowest BCUT2D eigenvalue weighted by Crippen LogP contribution is -2.36. The number of hydrogen-bond donors (Lipinski definition) is 2. The summed E-state index contributed by atoms with van der Waals surface area (Å²) < 4.78 is 5.90. The van der Waals surface area contributed by atoms with Crippen LogP contribution in [0.2, 0.25) is 5.02 Å². The van der Waals surface area contributed by atoms with Crippen LogP contribution in [0.15, 0.2) is 53.5 Å². The lowest BCUT2D eigenvalue weighted by atomic mass is 10.2. The maximum atomic E-state index is 5.92. The molecule has 0 atom stereocenters. The molecular weight excluding hydrogens is 348 g/mol. The molecule has 0 saturated heterocycles. The monoisotopic (exact) mass is 374 g/mol. The average molecular weight is 375 g/mol. The molecule has 0 fully saturated rings. The van der Waals surface area contributed by atoms with Gasteiger partial charge in [-0.05, 0) is 37.9 Å². The Kier molecular flexibility index (Phi) is 8.25. The third kappa shape index (κ3) is 6.94. The van der Waals surface area contributed by atoms with Crippen molar-refractivity contribution in [2.24, 2.45) is 4.99 Å². The van der Waals surface area contributed by atoms with Crippen molar-refractivity contribution >= 4 is 17.6 Å². The Balaban J connectivity index is 1.86. The number of guanidine groups is 1. The first-order valence-electron chi connectivity index (χ1n) is 8.63. The van der Waals surface area contributed by atoms with Gasteiger partial charge in [-0.15, -0.1) is 0 Å². The van der Waals surface area contributed by atoms with Crippen LogP contribution in [0, 0.1) is 0 Å². The van der Waals surface area contributed by atoms with Gasteiger partial charge in [-0.2, -0.15) is 0 Å². The fourth-order valence-corrected chi connectivity index (χ4v) is 2.44. The van der Waals surface area contributed by atoms with E-state index < -0.39 is 0 Å². The van der Waals surface area contributed by atoms with Gasteiger partial charge in [0.2, 0.25) is 0 Å². The Morgan fingerprint density at radius 1 is 1.04 bits per heavy atom. The average Bonchev–Trinajstić information content (AvgIpc) is 2.64. The van der Waals surface area contributed by atoms with Crippen LogP contribution in [0.25, 0.3) is 0 Å². The maximum Gasteiger partial charge on any atom is 0.191 e. The molecule has 0 aliphatic heterocycles. The minimum Gasteiger partial charge on any atom is -0.492 e. The SMILES string of the molecule is CN=C(NCc1ccc(Cl)cc1)NCc1ccccc1OCCN(C)C. The van der Waals surface area contributed by atoms with Crippen molar-refractivity contribution in [3.63, 3.8) is 0 Å². The van der Waals surface area contributed by atoms with Gasteiger partial charge in [0.1, 0.15) is 12.4 Å². The Hall–Kier alpha value is -2.24. The van der Waals surface area contributed by atoms with Crippen molar-refractivity contribution in [2.45, 2.75) is 13.1 Å². The molecule has 0 bridgehead atoms. The van der Waals surface area contributed by atoms with E-state index in [9.17, 15) is 0 Å². The van der Waals surface area contributed by atoms with Gasteiger partial charge in [-0.1, -0.05) is 41.9 Å². The molecule has 2 aromatic rings. The number of para-hydroxylation sites is 1. The molecule has 140 valence electrons. The largest absolute Gasteiger partial charge is 0.492 e. The fourth-order valence-electron chi connectivity index (χ4n) is 2.32. The van der Waals surface area contributed by atoms with Gasteiger partial charge in [-0.25, -0.2) is 0 Å². The van der Waals surface area contributed by atoms with Gasteiger partial charge in [0.15, 0.2) is 5.96 Å². The minimum atomic E-state index is 0.637. The van der Waals surface area contributed by atoms with E-state index in [1.54, 1.807) is 7.05 Å². The Bertz CT molecular complexity index is 701. The highest BCUT2D eigenvalue weighted by atomic mass is 35.5. The highest BCUT2D eigenvalue weighted by Crippen LogP contribution is 2.17. The third-order valence-electron chi connectivity index (χ3n) is 3.81. The lowest BCUT2D eigenvalue weighted by Gasteiger charge is -2.16. The highest BCUT2D eigenvalue weighted by Gasteiger charge is 2.05. The number of benzene rings is 2. The number of ether oxygens (including phenoxy) is 1. The summed E-state index contributed by atoms with van der Waals surface area (Å²) in [6, 6.07) is 15.8. The summed E-state index contributed by atoms with van der Waals surface area (Å²) in [4.78, 5) is 6.37. The normalized spacial score (nSPS) is 11.5. The van der Waals surface area contributed by atoms with E-state index in [-0.39, 0.29) is 0 Å². The highest BCUT2D eigenvalue weighted by molar-refractivity contribution is 6.30. The molecule has 2 aromatic carbocycles. The second kappa shape index (κ2) is 10.7. The molecule has 0 aromatic heterocycles. The molecule has 0 unspecified atom stereocenters. The number of likely N-dealkylation sites (N-methyl/N-ethyl adjacent to an activating group) is 1. The summed E-state index contributed by atoms with van der Waals surface area (Å²) in [6.45, 7) is 2.86. The molecule has 0 saturated carbocycles. The summed E-state index contributed by atoms with van der Waals surface area (Å²) in [5.41, 5.74) is 2.24. The minimum absolute atomic E-state index is 0.637. The lowest BCUT2D eigenvalue weighted by molar-refractivity contribution is 0.259. The summed E-state index contributed by atoms with van der Waals surface area (Å²) in [7, 11) is 5.83. The Morgan fingerprint density at radius 2 is 1.73 bits per heavy atom.